The van der Waals surface area contributed by atoms with Gasteiger partial charge in [-0.2, -0.15) is 0 Å². The zero-order valence-electron chi connectivity index (χ0n) is 13.8. The summed E-state index contributed by atoms with van der Waals surface area (Å²) in [5.41, 5.74) is 1.93. The number of fused-ring (bicyclic) bond motifs is 1. The minimum Gasteiger partial charge on any atom is -0.361 e. The van der Waals surface area contributed by atoms with Crippen LogP contribution in [0.4, 0.5) is 4.39 Å². The molecule has 4 fully saturated rings. The van der Waals surface area contributed by atoms with E-state index in [0.717, 1.165) is 34.7 Å². The molecule has 128 valence electrons. The van der Waals surface area contributed by atoms with Crippen LogP contribution in [0.2, 0.25) is 0 Å². The molecule has 3 heterocycles. The monoisotopic (exact) mass is 328 g/mol. The van der Waals surface area contributed by atoms with Crippen molar-refractivity contribution in [2.75, 3.05) is 0 Å². The van der Waals surface area contributed by atoms with Gasteiger partial charge in [0.1, 0.15) is 5.82 Å². The number of benzene rings is 1. The molecule has 2 aliphatic heterocycles. The molecule has 4 aliphatic rings. The summed E-state index contributed by atoms with van der Waals surface area (Å²) in [4.78, 5) is 18.2. The molecule has 0 atom stereocenters. The van der Waals surface area contributed by atoms with Crippen molar-refractivity contribution in [3.8, 4) is 0 Å². The van der Waals surface area contributed by atoms with Crippen LogP contribution in [0, 0.1) is 17.7 Å². The second kappa shape index (κ2) is 5.33. The number of piperidine rings is 2. The van der Waals surface area contributed by atoms with E-state index in [4.69, 9.17) is 0 Å². The molecule has 3 nitrogen and oxygen atoms in total. The number of aryl methyl sites for hydroxylation is 1. The number of hydrogen-bond donors (Lipinski definition) is 1. The van der Waals surface area contributed by atoms with Gasteiger partial charge in [-0.3, -0.25) is 4.79 Å². The minimum atomic E-state index is -0.230. The van der Waals surface area contributed by atoms with Crippen LogP contribution in [0.1, 0.15) is 45.5 Å². The standard InChI is InChI=1S/C20H23FN2O.H2/c21-15-2-3-18-14(11-22-19(18)10-15)1-4-20(24)23-16-6-12-5-13(8-16)9-17(23)7-12;/h2-3,10-13,16-17,22H,1,4-9H2;1H. The number of carbonyl (C=O) groups excluding carboxylic acids is 1. The summed E-state index contributed by atoms with van der Waals surface area (Å²) in [6, 6.07) is 5.83. The first kappa shape index (κ1) is 14.5. The van der Waals surface area contributed by atoms with Crippen LogP contribution in [0.15, 0.2) is 24.4 Å². The Kier molecular flexibility index (Phi) is 3.22. The van der Waals surface area contributed by atoms with Crippen molar-refractivity contribution in [3.05, 3.63) is 35.8 Å². The molecule has 1 aromatic heterocycles. The molecule has 0 radical (unpaired) electrons. The molecule has 0 unspecified atom stereocenters. The third kappa shape index (κ3) is 2.27. The summed E-state index contributed by atoms with van der Waals surface area (Å²) in [7, 11) is 0. The lowest BCUT2D eigenvalue weighted by Gasteiger charge is -2.56. The number of H-pyrrole nitrogens is 1. The number of nitrogens with zero attached hydrogens (tertiary/aromatic N) is 1. The Morgan fingerprint density at radius 3 is 2.58 bits per heavy atom. The van der Waals surface area contributed by atoms with Crippen molar-refractivity contribution in [2.24, 2.45) is 11.8 Å². The Morgan fingerprint density at radius 1 is 1.17 bits per heavy atom. The zero-order valence-corrected chi connectivity index (χ0v) is 13.8. The summed E-state index contributed by atoms with van der Waals surface area (Å²) in [5.74, 6) is 1.84. The van der Waals surface area contributed by atoms with Crippen LogP contribution in [-0.2, 0) is 11.2 Å². The fourth-order valence-corrected chi connectivity index (χ4v) is 5.68. The van der Waals surface area contributed by atoms with Crippen LogP contribution in [0.25, 0.3) is 10.9 Å². The highest BCUT2D eigenvalue weighted by Gasteiger charge is 2.48. The van der Waals surface area contributed by atoms with Crippen LogP contribution >= 0.6 is 0 Å². The molecule has 4 bridgehead atoms. The van der Waals surface area contributed by atoms with E-state index in [1.54, 1.807) is 0 Å². The zero-order chi connectivity index (χ0) is 16.3. The van der Waals surface area contributed by atoms with Crippen molar-refractivity contribution in [1.29, 1.82) is 0 Å². The van der Waals surface area contributed by atoms with Crippen LogP contribution in [-0.4, -0.2) is 27.9 Å². The average Bonchev–Trinajstić information content (AvgIpc) is 2.94. The molecule has 1 aromatic carbocycles. The summed E-state index contributed by atoms with van der Waals surface area (Å²) in [6.45, 7) is 0. The minimum absolute atomic E-state index is 0. The molecular weight excluding hydrogens is 303 g/mol. The smallest absolute Gasteiger partial charge is 0.223 e. The third-order valence-electron chi connectivity index (χ3n) is 6.50. The topological polar surface area (TPSA) is 36.1 Å². The van der Waals surface area contributed by atoms with Crippen molar-refractivity contribution in [2.45, 2.75) is 57.0 Å². The number of aromatic nitrogens is 1. The van der Waals surface area contributed by atoms with Crippen LogP contribution < -0.4 is 0 Å². The number of nitrogens with one attached hydrogen (secondary N) is 1. The van der Waals surface area contributed by atoms with Crippen molar-refractivity contribution < 1.29 is 10.6 Å². The molecular formula is C20H25FN2O. The average molecular weight is 328 g/mol. The first-order valence-corrected chi connectivity index (χ1v) is 9.24. The lowest BCUT2D eigenvalue weighted by Crippen LogP contribution is -2.59. The fourth-order valence-electron chi connectivity index (χ4n) is 5.68. The summed E-state index contributed by atoms with van der Waals surface area (Å²) in [6.07, 6.45) is 9.52. The quantitative estimate of drug-likeness (QED) is 0.897. The number of carbonyl (C=O) groups is 1. The molecule has 2 aliphatic carbocycles. The van der Waals surface area contributed by atoms with Gasteiger partial charge in [-0.15, -0.1) is 0 Å². The van der Waals surface area contributed by atoms with Gasteiger partial charge in [0.15, 0.2) is 0 Å². The molecule has 4 heteroatoms. The summed E-state index contributed by atoms with van der Waals surface area (Å²) in [5, 5.41) is 1.03. The van der Waals surface area contributed by atoms with Gasteiger partial charge >= 0.3 is 0 Å². The lowest BCUT2D eigenvalue weighted by molar-refractivity contribution is -0.149. The highest BCUT2D eigenvalue weighted by Crippen LogP contribution is 2.49. The Balaban J connectivity index is 0.00000157. The van der Waals surface area contributed by atoms with Crippen molar-refractivity contribution in [3.63, 3.8) is 0 Å². The number of aromatic amines is 1. The van der Waals surface area contributed by atoms with Gasteiger partial charge in [0.2, 0.25) is 5.91 Å². The third-order valence-corrected chi connectivity index (χ3v) is 6.50. The first-order valence-electron chi connectivity index (χ1n) is 9.24. The van der Waals surface area contributed by atoms with E-state index in [1.807, 2.05) is 12.3 Å². The maximum Gasteiger partial charge on any atom is 0.223 e. The van der Waals surface area contributed by atoms with E-state index < -0.39 is 0 Å². The van der Waals surface area contributed by atoms with E-state index in [9.17, 15) is 9.18 Å². The number of halogens is 1. The van der Waals surface area contributed by atoms with Gasteiger partial charge in [-0.1, -0.05) is 0 Å². The highest BCUT2D eigenvalue weighted by molar-refractivity contribution is 5.84. The predicted octanol–water partition coefficient (Wildman–Crippen LogP) is 4.28. The van der Waals surface area contributed by atoms with E-state index in [2.05, 4.69) is 9.88 Å². The maximum atomic E-state index is 13.3. The van der Waals surface area contributed by atoms with Gasteiger partial charge in [0, 0.05) is 37.0 Å². The Labute approximate surface area is 142 Å². The Morgan fingerprint density at radius 2 is 1.88 bits per heavy atom. The number of amides is 1. The van der Waals surface area contributed by atoms with Gasteiger partial charge in [0.25, 0.3) is 0 Å². The second-order valence-electron chi connectivity index (χ2n) is 8.02. The van der Waals surface area contributed by atoms with Crippen LogP contribution in [0.3, 0.4) is 0 Å². The Bertz CT molecular complexity index is 774. The predicted molar refractivity (Wildman–Crippen MR) is 93.2 cm³/mol. The van der Waals surface area contributed by atoms with Gasteiger partial charge in [-0.25, -0.2) is 4.39 Å². The van der Waals surface area contributed by atoms with Gasteiger partial charge in [-0.05, 0) is 74.1 Å². The second-order valence-corrected chi connectivity index (χ2v) is 8.02. The lowest BCUT2D eigenvalue weighted by atomic mass is 9.63. The van der Waals surface area contributed by atoms with Crippen molar-refractivity contribution in [1.82, 2.24) is 9.88 Å². The van der Waals surface area contributed by atoms with Gasteiger partial charge < -0.3 is 9.88 Å². The fraction of sp³-hybridized carbons (Fsp3) is 0.550. The summed E-state index contributed by atoms with van der Waals surface area (Å²) < 4.78 is 13.3. The molecule has 1 amide bonds. The first-order chi connectivity index (χ1) is 11.7. The molecule has 1 N–H and O–H groups in total. The molecule has 2 aromatic rings. The highest BCUT2D eigenvalue weighted by atomic mass is 19.1. The number of rotatable bonds is 3. The normalized spacial score (nSPS) is 31.1. The molecule has 0 spiro atoms. The van der Waals surface area contributed by atoms with E-state index in [-0.39, 0.29) is 7.24 Å². The van der Waals surface area contributed by atoms with Crippen LogP contribution in [0.5, 0.6) is 0 Å². The summed E-state index contributed by atoms with van der Waals surface area (Å²) >= 11 is 0. The molecule has 6 rings (SSSR count). The molecule has 24 heavy (non-hydrogen) atoms. The van der Waals surface area contributed by atoms with Gasteiger partial charge in [0.05, 0.1) is 0 Å². The van der Waals surface area contributed by atoms with E-state index in [1.165, 1.54) is 44.2 Å². The largest absolute Gasteiger partial charge is 0.361 e. The van der Waals surface area contributed by atoms with E-state index in [0.29, 0.717) is 24.4 Å². The number of hydrogen-bond acceptors (Lipinski definition) is 1. The molecule has 2 saturated carbocycles. The Hall–Kier alpha value is -1.84. The SMILES string of the molecule is O=C(CCc1c[nH]c2cc(F)ccc12)N1C2CC3CC(C2)CC1C3.[HH]. The maximum absolute atomic E-state index is 13.3. The van der Waals surface area contributed by atoms with Crippen molar-refractivity contribution >= 4 is 16.8 Å². The molecule has 2 saturated heterocycles. The van der Waals surface area contributed by atoms with E-state index >= 15 is 0 Å².